The maximum Gasteiger partial charge on any atom is 0.434 e. The van der Waals surface area contributed by atoms with E-state index in [1.54, 1.807) is 0 Å². The summed E-state index contributed by atoms with van der Waals surface area (Å²) in [6, 6.07) is -0.120. The molecule has 33 heavy (non-hydrogen) atoms. The molecule has 5 fully saturated rings. The van der Waals surface area contributed by atoms with E-state index in [-0.39, 0.29) is 48.4 Å². The van der Waals surface area contributed by atoms with Gasteiger partial charge in [0, 0.05) is 25.3 Å². The third kappa shape index (κ3) is 4.43. The minimum absolute atomic E-state index is 0.120. The highest BCUT2D eigenvalue weighted by Gasteiger charge is 2.51. The van der Waals surface area contributed by atoms with Crippen LogP contribution in [0.25, 0.3) is 0 Å². The first-order valence-electron chi connectivity index (χ1n) is 11.4. The average molecular weight is 489 g/mol. The lowest BCUT2D eigenvalue weighted by atomic mass is 9.64. The molecule has 1 aliphatic heterocycles. The van der Waals surface area contributed by atoms with Crippen LogP contribution in [0, 0.1) is 17.8 Å². The average Bonchev–Trinajstić information content (AvgIpc) is 2.90. The molecular formula is C21H27F3N4O4S. The van der Waals surface area contributed by atoms with E-state index in [4.69, 9.17) is 0 Å². The molecule has 0 aromatic carbocycles. The minimum atomic E-state index is -4.87. The van der Waals surface area contributed by atoms with E-state index in [9.17, 15) is 31.5 Å². The molecular weight excluding hydrogens is 461 g/mol. The van der Waals surface area contributed by atoms with E-state index < -0.39 is 38.8 Å². The van der Waals surface area contributed by atoms with Gasteiger partial charge in [-0.15, -0.1) is 0 Å². The molecule has 1 aromatic rings. The number of carbonyl (C=O) groups is 1. The highest BCUT2D eigenvalue weighted by atomic mass is 32.2. The van der Waals surface area contributed by atoms with Crippen LogP contribution in [0.5, 0.6) is 0 Å². The molecule has 182 valence electrons. The summed E-state index contributed by atoms with van der Waals surface area (Å²) in [7, 11) is -3.28. The summed E-state index contributed by atoms with van der Waals surface area (Å²) in [5.41, 5.74) is -2.68. The number of hydrogen-bond donors (Lipinski definition) is 2. The zero-order valence-corrected chi connectivity index (χ0v) is 18.8. The Morgan fingerprint density at radius 3 is 2.58 bits per heavy atom. The number of halogens is 3. The number of nitrogens with zero attached hydrogens (tertiary/aromatic N) is 3. The lowest BCUT2D eigenvalue weighted by Crippen LogP contribution is -2.48. The molecule has 8 nitrogen and oxygen atoms in total. The lowest BCUT2D eigenvalue weighted by molar-refractivity contribution is -0.141. The lowest BCUT2D eigenvalue weighted by Gasteiger charge is -2.47. The van der Waals surface area contributed by atoms with Crippen molar-refractivity contribution >= 4 is 21.7 Å². The van der Waals surface area contributed by atoms with Crippen LogP contribution in [-0.2, 0) is 16.0 Å². The number of nitrogens with one attached hydrogen (secondary N) is 1. The molecule has 2 heterocycles. The van der Waals surface area contributed by atoms with Crippen molar-refractivity contribution in [3.63, 3.8) is 0 Å². The van der Waals surface area contributed by atoms with Gasteiger partial charge < -0.3 is 15.3 Å². The van der Waals surface area contributed by atoms with Crippen LogP contribution in [0.4, 0.5) is 19.1 Å². The number of aromatic nitrogens is 2. The molecule has 4 saturated carbocycles. The van der Waals surface area contributed by atoms with Gasteiger partial charge in [0.15, 0.2) is 15.5 Å². The van der Waals surface area contributed by atoms with Crippen LogP contribution in [0.15, 0.2) is 6.20 Å². The van der Waals surface area contributed by atoms with E-state index in [1.807, 2.05) is 0 Å². The van der Waals surface area contributed by atoms with Gasteiger partial charge in [0.1, 0.15) is 0 Å². The van der Waals surface area contributed by atoms with Crippen molar-refractivity contribution in [1.82, 2.24) is 14.9 Å². The molecule has 1 amide bonds. The number of anilines is 1. The smallest absolute Gasteiger partial charge is 0.390 e. The monoisotopic (exact) mass is 488 g/mol. The first-order valence-corrected chi connectivity index (χ1v) is 13.2. The van der Waals surface area contributed by atoms with Crippen LogP contribution in [0.3, 0.4) is 0 Å². The Hall–Kier alpha value is -1.95. The molecule has 0 spiro atoms. The van der Waals surface area contributed by atoms with Gasteiger partial charge >= 0.3 is 6.18 Å². The van der Waals surface area contributed by atoms with Gasteiger partial charge in [0.2, 0.25) is 5.95 Å². The highest BCUT2D eigenvalue weighted by Crippen LogP contribution is 2.53. The molecule has 2 N–H and O–H groups in total. The highest BCUT2D eigenvalue weighted by molar-refractivity contribution is 7.91. The standard InChI is InChI=1S/C21H27F3N4O4S/c22-21(23,24)17-15(18(29)28-3-5-33(31,32)6-4-28)11-25-19(27-17)26-16-13-1-2-20(30)9-12(7-13)8-14(16)10-20/h11-14,16,30H,1-10H2,(H,25,26,27)/t12?,13-,14-,16+,20-/m1/s1. The van der Waals surface area contributed by atoms with E-state index in [1.165, 1.54) is 0 Å². The summed E-state index contributed by atoms with van der Waals surface area (Å²) in [5, 5.41) is 14.0. The molecule has 1 aromatic heterocycles. The minimum Gasteiger partial charge on any atom is -0.390 e. The third-order valence-corrected chi connectivity index (χ3v) is 9.40. The predicted octanol–water partition coefficient (Wildman–Crippen LogP) is 2.11. The molecule has 5 aliphatic rings. The Labute approximate surface area is 189 Å². The van der Waals surface area contributed by atoms with Crippen LogP contribution >= 0.6 is 0 Å². The summed E-state index contributed by atoms with van der Waals surface area (Å²) in [5.74, 6) is -0.831. The fourth-order valence-corrected chi connectivity index (χ4v) is 7.57. The zero-order valence-electron chi connectivity index (χ0n) is 18.0. The van der Waals surface area contributed by atoms with Gasteiger partial charge in [-0.3, -0.25) is 4.79 Å². The van der Waals surface area contributed by atoms with Gasteiger partial charge in [-0.1, -0.05) is 0 Å². The quantitative estimate of drug-likeness (QED) is 0.670. The first-order chi connectivity index (χ1) is 15.4. The first kappa shape index (κ1) is 22.8. The van der Waals surface area contributed by atoms with Crippen molar-refractivity contribution in [3.05, 3.63) is 17.5 Å². The number of fused-ring (bicyclic) bond motifs is 1. The number of amides is 1. The molecule has 4 aliphatic carbocycles. The van der Waals surface area contributed by atoms with Crippen molar-refractivity contribution in [2.24, 2.45) is 17.8 Å². The Morgan fingerprint density at radius 2 is 1.88 bits per heavy atom. The van der Waals surface area contributed by atoms with Crippen molar-refractivity contribution in [1.29, 1.82) is 0 Å². The second-order valence-corrected chi connectivity index (χ2v) is 12.4. The topological polar surface area (TPSA) is 112 Å². The van der Waals surface area contributed by atoms with Crippen LogP contribution in [0.2, 0.25) is 0 Å². The number of alkyl halides is 3. The molecule has 12 heteroatoms. The van der Waals surface area contributed by atoms with Gasteiger partial charge in [-0.2, -0.15) is 13.2 Å². The number of hydrogen-bond acceptors (Lipinski definition) is 7. The second-order valence-electron chi connectivity index (χ2n) is 10.1. The summed E-state index contributed by atoms with van der Waals surface area (Å²) >= 11 is 0. The number of aliphatic hydroxyl groups is 1. The maximum atomic E-state index is 13.8. The SMILES string of the molecule is O=C(c1cnc(N[C@H]2[C@@H]3CC[C@@]4(O)CC(C3)C[C@@H]2C4)nc1C(F)(F)F)N1CCS(=O)(=O)CC1. The fraction of sp³-hybridized carbons (Fsp3) is 0.762. The Balaban J connectivity index is 1.39. The van der Waals surface area contributed by atoms with Crippen LogP contribution < -0.4 is 5.32 Å². The van der Waals surface area contributed by atoms with Gasteiger partial charge in [-0.05, 0) is 56.3 Å². The summed E-state index contributed by atoms with van der Waals surface area (Å²) in [6.07, 6.45) is 0.810. The predicted molar refractivity (Wildman–Crippen MR) is 112 cm³/mol. The van der Waals surface area contributed by atoms with Gasteiger partial charge in [0.05, 0.1) is 22.7 Å². The third-order valence-electron chi connectivity index (χ3n) is 7.79. The molecule has 1 unspecified atom stereocenters. The Kier molecular flexibility index (Phi) is 5.39. The van der Waals surface area contributed by atoms with Crippen LogP contribution in [0.1, 0.15) is 54.6 Å². The number of sulfone groups is 1. The number of rotatable bonds is 3. The van der Waals surface area contributed by atoms with Crippen molar-refractivity contribution in [3.8, 4) is 0 Å². The Morgan fingerprint density at radius 1 is 1.18 bits per heavy atom. The fourth-order valence-electron chi connectivity index (χ4n) is 6.37. The van der Waals surface area contributed by atoms with E-state index in [2.05, 4.69) is 15.3 Å². The Bertz CT molecular complexity index is 1050. The van der Waals surface area contributed by atoms with E-state index >= 15 is 0 Å². The summed E-state index contributed by atoms with van der Waals surface area (Å²) < 4.78 is 64.7. The van der Waals surface area contributed by atoms with Crippen molar-refractivity contribution < 1.29 is 31.5 Å². The van der Waals surface area contributed by atoms with E-state index in [0.29, 0.717) is 18.8 Å². The summed E-state index contributed by atoms with van der Waals surface area (Å²) in [6.45, 7) is -0.318. The van der Waals surface area contributed by atoms with E-state index in [0.717, 1.165) is 36.8 Å². The molecule has 1 saturated heterocycles. The van der Waals surface area contributed by atoms with Crippen molar-refractivity contribution in [2.75, 3.05) is 29.9 Å². The molecule has 6 rings (SSSR count). The largest absolute Gasteiger partial charge is 0.434 e. The molecule has 4 bridgehead atoms. The van der Waals surface area contributed by atoms with Crippen LogP contribution in [-0.4, -0.2) is 70.5 Å². The zero-order chi connectivity index (χ0) is 23.6. The normalized spacial score (nSPS) is 35.3. The molecule has 0 radical (unpaired) electrons. The molecule has 5 atom stereocenters. The summed E-state index contributed by atoms with van der Waals surface area (Å²) in [4.78, 5) is 21.6. The van der Waals surface area contributed by atoms with Gasteiger partial charge in [0.25, 0.3) is 5.91 Å². The van der Waals surface area contributed by atoms with Gasteiger partial charge in [-0.25, -0.2) is 18.4 Å². The van der Waals surface area contributed by atoms with Crippen molar-refractivity contribution in [2.45, 2.75) is 56.3 Å². The second kappa shape index (κ2) is 7.79. The maximum absolute atomic E-state index is 13.8. The number of carbonyl (C=O) groups excluding carboxylic acids is 1.